The summed E-state index contributed by atoms with van der Waals surface area (Å²) >= 11 is 4.05. The van der Waals surface area contributed by atoms with Gasteiger partial charge in [0.15, 0.2) is 11.5 Å². The van der Waals surface area contributed by atoms with Crippen molar-refractivity contribution in [1.82, 2.24) is 0 Å². The van der Waals surface area contributed by atoms with Crippen LogP contribution in [0.3, 0.4) is 0 Å². The Balaban J connectivity index is 3.27. The minimum absolute atomic E-state index is 0.162. The summed E-state index contributed by atoms with van der Waals surface area (Å²) < 4.78 is 16.9. The molecule has 0 aliphatic rings. The first kappa shape index (κ1) is 18.5. The van der Waals surface area contributed by atoms with Crippen LogP contribution in [0.25, 0.3) is 0 Å². The van der Waals surface area contributed by atoms with Gasteiger partial charge in [-0.2, -0.15) is 0 Å². The number of ketones is 1. The summed E-state index contributed by atoms with van der Waals surface area (Å²) in [5.74, 6) is 0.515. The van der Waals surface area contributed by atoms with E-state index in [1.165, 1.54) is 14.0 Å². The maximum absolute atomic E-state index is 11.8. The molecule has 0 radical (unpaired) electrons. The Morgan fingerprint density at radius 2 is 1.71 bits per heavy atom. The average Bonchev–Trinajstić information content (AvgIpc) is 2.30. The average molecular weight is 518 g/mol. The van der Waals surface area contributed by atoms with Crippen molar-refractivity contribution in [3.8, 4) is 11.5 Å². The number of benzene rings is 1. The maximum atomic E-state index is 11.8. The number of halogens is 2. The lowest BCUT2D eigenvalue weighted by atomic mass is 10.1. The predicted molar refractivity (Wildman–Crippen MR) is 95.3 cm³/mol. The molecule has 0 saturated carbocycles. The van der Waals surface area contributed by atoms with Crippen LogP contribution >= 0.6 is 45.2 Å². The van der Waals surface area contributed by atoms with Crippen molar-refractivity contribution >= 4 is 57.1 Å². The molecule has 116 valence electrons. The zero-order chi connectivity index (χ0) is 16.4. The summed E-state index contributed by atoms with van der Waals surface area (Å²) in [6, 6.07) is 1.63. The Hall–Kier alpha value is -0.580. The molecule has 0 saturated heterocycles. The molecule has 0 atom stereocenters. The van der Waals surface area contributed by atoms with Crippen molar-refractivity contribution in [2.45, 2.75) is 33.3 Å². The highest BCUT2D eigenvalue weighted by atomic mass is 127. The number of methoxy groups -OCH3 is 1. The fourth-order valence-corrected chi connectivity index (χ4v) is 3.72. The molecule has 1 aromatic rings. The largest absolute Gasteiger partial charge is 0.514 e. The van der Waals surface area contributed by atoms with Gasteiger partial charge in [-0.1, -0.05) is 0 Å². The minimum Gasteiger partial charge on any atom is -0.494 e. The molecular weight excluding hydrogens is 502 g/mol. The number of hydrogen-bond acceptors (Lipinski definition) is 5. The van der Waals surface area contributed by atoms with Gasteiger partial charge in [-0.15, -0.1) is 0 Å². The molecule has 21 heavy (non-hydrogen) atoms. The normalized spacial score (nSPS) is 11.0. The smallest absolute Gasteiger partial charge is 0.494 e. The van der Waals surface area contributed by atoms with E-state index in [4.69, 9.17) is 14.2 Å². The minimum atomic E-state index is -0.855. The first-order valence-electron chi connectivity index (χ1n) is 6.04. The highest BCUT2D eigenvalue weighted by Crippen LogP contribution is 2.38. The van der Waals surface area contributed by atoms with Crippen LogP contribution in [-0.4, -0.2) is 24.6 Å². The van der Waals surface area contributed by atoms with Crippen LogP contribution in [0.5, 0.6) is 11.5 Å². The third-order valence-corrected chi connectivity index (χ3v) is 4.07. The second kappa shape index (κ2) is 7.12. The van der Waals surface area contributed by atoms with E-state index in [1.54, 1.807) is 26.8 Å². The van der Waals surface area contributed by atoms with Gasteiger partial charge in [-0.25, -0.2) is 4.79 Å². The number of carbonyl (C=O) groups is 2. The second-order valence-electron chi connectivity index (χ2n) is 5.20. The molecule has 0 N–H and O–H groups in total. The molecule has 0 heterocycles. The molecule has 7 heteroatoms. The Morgan fingerprint density at radius 3 is 2.14 bits per heavy atom. The quantitative estimate of drug-likeness (QED) is 0.257. The lowest BCUT2D eigenvalue weighted by Crippen LogP contribution is -2.26. The van der Waals surface area contributed by atoms with Crippen LogP contribution in [0, 0.1) is 7.14 Å². The Labute approximate surface area is 151 Å². The van der Waals surface area contributed by atoms with E-state index < -0.39 is 11.8 Å². The molecule has 0 aliphatic carbocycles. The Morgan fingerprint density at radius 1 is 1.14 bits per heavy atom. The van der Waals surface area contributed by atoms with Crippen molar-refractivity contribution in [3.63, 3.8) is 0 Å². The van der Waals surface area contributed by atoms with Crippen molar-refractivity contribution in [3.05, 3.63) is 18.8 Å². The molecule has 5 nitrogen and oxygen atoms in total. The molecule has 0 amide bonds. The zero-order valence-electron chi connectivity index (χ0n) is 12.4. The maximum Gasteiger partial charge on any atom is 0.514 e. The number of hydrogen-bond donors (Lipinski definition) is 0. The molecule has 0 bridgehead atoms. The van der Waals surface area contributed by atoms with Gasteiger partial charge in [-0.05, 0) is 78.9 Å². The van der Waals surface area contributed by atoms with Gasteiger partial charge in [0.1, 0.15) is 11.4 Å². The first-order chi connectivity index (χ1) is 9.56. The third-order valence-electron chi connectivity index (χ3n) is 2.29. The van der Waals surface area contributed by atoms with Crippen molar-refractivity contribution in [2.24, 2.45) is 0 Å². The third kappa shape index (κ3) is 4.97. The van der Waals surface area contributed by atoms with Crippen LogP contribution in [0.15, 0.2) is 6.07 Å². The van der Waals surface area contributed by atoms with E-state index in [2.05, 4.69) is 22.6 Å². The molecule has 1 rings (SSSR count). The number of carbonyl (C=O) groups excluding carboxylic acids is 2. The Kier molecular flexibility index (Phi) is 6.26. The van der Waals surface area contributed by atoms with Crippen LogP contribution < -0.4 is 9.47 Å². The van der Waals surface area contributed by atoms with E-state index in [1.807, 2.05) is 22.6 Å². The summed E-state index contributed by atoms with van der Waals surface area (Å²) in [7, 11) is 1.52. The van der Waals surface area contributed by atoms with Gasteiger partial charge in [0.05, 0.1) is 19.8 Å². The molecule has 1 aromatic carbocycles. The summed E-state index contributed by atoms with van der Waals surface area (Å²) in [4.78, 5) is 23.6. The number of Topliss-reactive ketones (excluding diaryl/α,β-unsaturated/α-hetero) is 1. The van der Waals surface area contributed by atoms with Gasteiger partial charge >= 0.3 is 6.16 Å². The highest BCUT2D eigenvalue weighted by Gasteiger charge is 2.25. The van der Waals surface area contributed by atoms with Gasteiger partial charge < -0.3 is 14.2 Å². The van der Waals surface area contributed by atoms with E-state index in [0.29, 0.717) is 14.9 Å². The fourth-order valence-electron chi connectivity index (χ4n) is 1.49. The number of ether oxygens (including phenoxy) is 3. The lowest BCUT2D eigenvalue weighted by molar-refractivity contribution is 0.0203. The van der Waals surface area contributed by atoms with Gasteiger partial charge in [-0.3, -0.25) is 4.79 Å². The predicted octanol–water partition coefficient (Wildman–Crippen LogP) is 4.42. The van der Waals surface area contributed by atoms with Crippen LogP contribution in [0.2, 0.25) is 0 Å². The topological polar surface area (TPSA) is 61.8 Å². The summed E-state index contributed by atoms with van der Waals surface area (Å²) in [6.45, 7) is 6.62. The Bertz CT molecular complexity index is 576. The molecule has 0 spiro atoms. The van der Waals surface area contributed by atoms with Crippen LogP contribution in [0.1, 0.15) is 38.1 Å². The van der Waals surface area contributed by atoms with Gasteiger partial charge in [0.2, 0.25) is 0 Å². The molecular formula is C14H16I2O5. The van der Waals surface area contributed by atoms with E-state index in [9.17, 15) is 9.59 Å². The lowest BCUT2D eigenvalue weighted by Gasteiger charge is -2.20. The summed E-state index contributed by atoms with van der Waals surface area (Å²) in [5.41, 5.74) is -0.359. The molecule has 0 aromatic heterocycles. The van der Waals surface area contributed by atoms with Crippen molar-refractivity contribution in [2.75, 3.05) is 7.11 Å². The first-order valence-corrected chi connectivity index (χ1v) is 8.20. The highest BCUT2D eigenvalue weighted by molar-refractivity contribution is 14.1. The monoisotopic (exact) mass is 518 g/mol. The van der Waals surface area contributed by atoms with Crippen molar-refractivity contribution < 1.29 is 23.8 Å². The van der Waals surface area contributed by atoms with Crippen LogP contribution in [0.4, 0.5) is 4.79 Å². The summed E-state index contributed by atoms with van der Waals surface area (Å²) in [5, 5.41) is 0. The van der Waals surface area contributed by atoms with E-state index in [-0.39, 0.29) is 11.5 Å². The number of rotatable bonds is 3. The molecule has 0 unspecified atom stereocenters. The standard InChI is InChI=1S/C14H16I2O5/c1-7(17)8-6-9(15)12(19-5)10(16)11(8)20-13(18)21-14(2,3)4/h6H,1-5H3. The zero-order valence-corrected chi connectivity index (χ0v) is 16.7. The van der Waals surface area contributed by atoms with E-state index >= 15 is 0 Å². The molecule has 0 fully saturated rings. The fraction of sp³-hybridized carbons (Fsp3) is 0.429. The van der Waals surface area contributed by atoms with Crippen LogP contribution in [-0.2, 0) is 4.74 Å². The molecule has 0 aliphatic heterocycles. The van der Waals surface area contributed by atoms with Gasteiger partial charge in [0.25, 0.3) is 0 Å². The van der Waals surface area contributed by atoms with E-state index in [0.717, 1.165) is 3.57 Å². The SMILES string of the molecule is COc1c(I)cc(C(C)=O)c(OC(=O)OC(C)(C)C)c1I. The second-order valence-corrected chi connectivity index (χ2v) is 7.45. The van der Waals surface area contributed by atoms with Gasteiger partial charge in [0, 0.05) is 0 Å². The van der Waals surface area contributed by atoms with Crippen molar-refractivity contribution in [1.29, 1.82) is 0 Å². The summed E-state index contributed by atoms with van der Waals surface area (Å²) in [6.07, 6.45) is -0.855.